The molecule has 0 aliphatic heterocycles. The molecule has 154 valence electrons. The summed E-state index contributed by atoms with van der Waals surface area (Å²) in [6.45, 7) is 7.10. The standard InChI is InChI=1S/C18H27N7O2.HI/c1-3-16-24-23-13-25(16)12-11-22-18(19-4-2)21-10-9-20-17(27)14-5-7-15(26)8-6-14;/h5-8,13,26H,3-4,9-12H2,1-2H3,(H,20,27)(H2,19,21,22);1H. The minimum Gasteiger partial charge on any atom is -0.508 e. The van der Waals surface area contributed by atoms with Crippen LogP contribution < -0.4 is 16.0 Å². The molecule has 4 N–H and O–H groups in total. The molecule has 0 aliphatic carbocycles. The van der Waals surface area contributed by atoms with Gasteiger partial charge in [0.25, 0.3) is 5.91 Å². The van der Waals surface area contributed by atoms with Gasteiger partial charge in [-0.3, -0.25) is 9.79 Å². The third-order valence-corrected chi connectivity index (χ3v) is 3.80. The Morgan fingerprint density at radius 3 is 2.57 bits per heavy atom. The van der Waals surface area contributed by atoms with E-state index in [2.05, 4.69) is 31.1 Å². The Balaban J connectivity index is 0.00000392. The molecule has 0 unspecified atom stereocenters. The second kappa shape index (κ2) is 12.9. The highest BCUT2D eigenvalue weighted by Crippen LogP contribution is 2.09. The molecule has 0 radical (unpaired) electrons. The number of aromatic nitrogens is 3. The highest BCUT2D eigenvalue weighted by atomic mass is 127. The first-order valence-corrected chi connectivity index (χ1v) is 9.10. The number of carbonyl (C=O) groups is 1. The average Bonchev–Trinajstić information content (AvgIpc) is 3.13. The molecule has 9 nitrogen and oxygen atoms in total. The number of phenols is 1. The number of phenolic OH excluding ortho intramolecular Hbond substituents is 1. The van der Waals surface area contributed by atoms with Gasteiger partial charge >= 0.3 is 0 Å². The second-order valence-corrected chi connectivity index (χ2v) is 5.78. The van der Waals surface area contributed by atoms with E-state index in [9.17, 15) is 9.90 Å². The van der Waals surface area contributed by atoms with Crippen molar-refractivity contribution in [2.24, 2.45) is 4.99 Å². The molecule has 0 saturated heterocycles. The number of aryl methyl sites for hydroxylation is 1. The number of aliphatic imine (C=N–C) groups is 1. The Morgan fingerprint density at radius 1 is 1.14 bits per heavy atom. The first-order chi connectivity index (χ1) is 13.1. The zero-order chi connectivity index (χ0) is 19.5. The number of nitrogens with zero attached hydrogens (tertiary/aromatic N) is 4. The predicted molar refractivity (Wildman–Crippen MR) is 119 cm³/mol. The molecule has 0 fully saturated rings. The highest BCUT2D eigenvalue weighted by Gasteiger charge is 2.05. The first-order valence-electron chi connectivity index (χ1n) is 9.10. The van der Waals surface area contributed by atoms with Gasteiger partial charge in [0, 0.05) is 38.2 Å². The van der Waals surface area contributed by atoms with Gasteiger partial charge in [0.2, 0.25) is 0 Å². The maximum absolute atomic E-state index is 12.0. The van der Waals surface area contributed by atoms with Crippen molar-refractivity contribution in [1.29, 1.82) is 0 Å². The number of amides is 1. The van der Waals surface area contributed by atoms with Crippen molar-refractivity contribution in [3.05, 3.63) is 42.0 Å². The van der Waals surface area contributed by atoms with Crippen molar-refractivity contribution in [1.82, 2.24) is 30.7 Å². The van der Waals surface area contributed by atoms with Crippen LogP contribution in [0.3, 0.4) is 0 Å². The second-order valence-electron chi connectivity index (χ2n) is 5.78. The van der Waals surface area contributed by atoms with Crippen LogP contribution in [0.2, 0.25) is 0 Å². The van der Waals surface area contributed by atoms with E-state index in [0.29, 0.717) is 31.2 Å². The van der Waals surface area contributed by atoms with Crippen LogP contribution in [-0.2, 0) is 13.0 Å². The van der Waals surface area contributed by atoms with Crippen molar-refractivity contribution in [2.75, 3.05) is 26.2 Å². The average molecular weight is 501 g/mol. The first kappa shape index (κ1) is 23.7. The summed E-state index contributed by atoms with van der Waals surface area (Å²) in [5, 5.41) is 26.5. The maximum atomic E-state index is 12.0. The molecule has 1 aromatic heterocycles. The van der Waals surface area contributed by atoms with Crippen molar-refractivity contribution in [2.45, 2.75) is 26.8 Å². The van der Waals surface area contributed by atoms with Crippen molar-refractivity contribution in [3.8, 4) is 5.75 Å². The van der Waals surface area contributed by atoms with Gasteiger partial charge in [-0.25, -0.2) is 0 Å². The van der Waals surface area contributed by atoms with E-state index in [1.165, 1.54) is 12.1 Å². The van der Waals surface area contributed by atoms with Crippen LogP contribution in [0.4, 0.5) is 0 Å². The van der Waals surface area contributed by atoms with E-state index in [4.69, 9.17) is 0 Å². The summed E-state index contributed by atoms with van der Waals surface area (Å²) in [6.07, 6.45) is 2.57. The molecule has 0 spiro atoms. The largest absolute Gasteiger partial charge is 0.508 e. The molecule has 1 heterocycles. The van der Waals surface area contributed by atoms with Crippen LogP contribution in [-0.4, -0.2) is 57.9 Å². The maximum Gasteiger partial charge on any atom is 0.251 e. The minimum atomic E-state index is -0.192. The summed E-state index contributed by atoms with van der Waals surface area (Å²) in [5.41, 5.74) is 0.502. The lowest BCUT2D eigenvalue weighted by Gasteiger charge is -2.12. The quantitative estimate of drug-likeness (QED) is 0.177. The smallest absolute Gasteiger partial charge is 0.251 e. The van der Waals surface area contributed by atoms with Gasteiger partial charge in [0.05, 0.1) is 6.54 Å². The van der Waals surface area contributed by atoms with Crippen LogP contribution in [0.5, 0.6) is 5.75 Å². The molecule has 2 rings (SSSR count). The van der Waals surface area contributed by atoms with E-state index in [0.717, 1.165) is 25.3 Å². The monoisotopic (exact) mass is 501 g/mol. The Hall–Kier alpha value is -2.37. The van der Waals surface area contributed by atoms with E-state index in [-0.39, 0.29) is 35.6 Å². The Labute approximate surface area is 182 Å². The molecule has 2 aromatic rings. The Morgan fingerprint density at radius 2 is 1.89 bits per heavy atom. The van der Waals surface area contributed by atoms with E-state index in [1.807, 2.05) is 18.4 Å². The van der Waals surface area contributed by atoms with Gasteiger partial charge < -0.3 is 25.6 Å². The fourth-order valence-electron chi connectivity index (χ4n) is 2.43. The fraction of sp³-hybridized carbons (Fsp3) is 0.444. The summed E-state index contributed by atoms with van der Waals surface area (Å²) in [6, 6.07) is 6.13. The number of hydrogen-bond donors (Lipinski definition) is 4. The molecule has 10 heteroatoms. The van der Waals surface area contributed by atoms with Gasteiger partial charge in [-0.2, -0.15) is 0 Å². The van der Waals surface area contributed by atoms with Gasteiger partial charge in [0.1, 0.15) is 17.9 Å². The van der Waals surface area contributed by atoms with Gasteiger partial charge in [0.15, 0.2) is 5.96 Å². The molecular formula is C18H28IN7O2. The molecule has 1 amide bonds. The van der Waals surface area contributed by atoms with Gasteiger partial charge in [-0.1, -0.05) is 6.92 Å². The predicted octanol–water partition coefficient (Wildman–Crippen LogP) is 1.15. The Kier molecular flexibility index (Phi) is 10.9. The number of aromatic hydroxyl groups is 1. The topological polar surface area (TPSA) is 116 Å². The molecule has 0 aliphatic rings. The third-order valence-electron chi connectivity index (χ3n) is 3.80. The van der Waals surface area contributed by atoms with E-state index in [1.54, 1.807) is 18.5 Å². The number of guanidine groups is 1. The number of carbonyl (C=O) groups excluding carboxylic acids is 1. The van der Waals surface area contributed by atoms with Crippen molar-refractivity contribution in [3.63, 3.8) is 0 Å². The zero-order valence-corrected chi connectivity index (χ0v) is 18.5. The molecule has 0 saturated carbocycles. The lowest BCUT2D eigenvalue weighted by atomic mass is 10.2. The Bertz CT molecular complexity index is 747. The highest BCUT2D eigenvalue weighted by molar-refractivity contribution is 14.0. The number of benzene rings is 1. The minimum absolute atomic E-state index is 0. The molecule has 1 aromatic carbocycles. The summed E-state index contributed by atoms with van der Waals surface area (Å²) in [4.78, 5) is 16.5. The molecule has 0 atom stereocenters. The van der Waals surface area contributed by atoms with Gasteiger partial charge in [-0.15, -0.1) is 34.2 Å². The molecule has 28 heavy (non-hydrogen) atoms. The van der Waals surface area contributed by atoms with Crippen molar-refractivity contribution >= 4 is 35.8 Å². The number of nitrogens with one attached hydrogen (secondary N) is 3. The lowest BCUT2D eigenvalue weighted by molar-refractivity contribution is 0.0955. The van der Waals surface area contributed by atoms with Gasteiger partial charge in [-0.05, 0) is 31.2 Å². The fourth-order valence-corrected chi connectivity index (χ4v) is 2.43. The SMILES string of the molecule is CCNC(=NCCNC(=O)c1ccc(O)cc1)NCCn1cnnc1CC.I. The summed E-state index contributed by atoms with van der Waals surface area (Å²) >= 11 is 0. The number of hydrogen-bond acceptors (Lipinski definition) is 5. The summed E-state index contributed by atoms with van der Waals surface area (Å²) in [5.74, 6) is 1.59. The van der Waals surface area contributed by atoms with E-state index < -0.39 is 0 Å². The van der Waals surface area contributed by atoms with Crippen LogP contribution in [0.1, 0.15) is 30.0 Å². The zero-order valence-electron chi connectivity index (χ0n) is 16.2. The number of halogens is 1. The molecule has 0 bridgehead atoms. The summed E-state index contributed by atoms with van der Waals surface area (Å²) in [7, 11) is 0. The van der Waals surface area contributed by atoms with Crippen LogP contribution >= 0.6 is 24.0 Å². The lowest BCUT2D eigenvalue weighted by Crippen LogP contribution is -2.39. The van der Waals surface area contributed by atoms with Crippen LogP contribution in [0.15, 0.2) is 35.6 Å². The normalized spacial score (nSPS) is 10.9. The third kappa shape index (κ3) is 7.71. The van der Waals surface area contributed by atoms with E-state index >= 15 is 0 Å². The summed E-state index contributed by atoms with van der Waals surface area (Å²) < 4.78 is 2.01. The van der Waals surface area contributed by atoms with Crippen LogP contribution in [0.25, 0.3) is 0 Å². The van der Waals surface area contributed by atoms with Crippen LogP contribution in [0, 0.1) is 0 Å². The molecular weight excluding hydrogens is 473 g/mol. The van der Waals surface area contributed by atoms with Crippen molar-refractivity contribution < 1.29 is 9.90 Å². The number of rotatable bonds is 9.